The van der Waals surface area contributed by atoms with Crippen molar-refractivity contribution in [3.63, 3.8) is 0 Å². The molecule has 0 heterocycles. The summed E-state index contributed by atoms with van der Waals surface area (Å²) in [6.07, 6.45) is -0.189. The minimum absolute atomic E-state index is 0.150. The average Bonchev–Trinajstić information content (AvgIpc) is 2.28. The minimum Gasteiger partial charge on any atom is -0.466 e. The molecule has 94 valence electrons. The fraction of sp³-hybridized carbons (Fsp3) is 0.273. The van der Waals surface area contributed by atoms with Crippen molar-refractivity contribution in [1.29, 1.82) is 5.26 Å². The van der Waals surface area contributed by atoms with Gasteiger partial charge in [-0.1, -0.05) is 0 Å². The summed E-state index contributed by atoms with van der Waals surface area (Å²) in [4.78, 5) is 21.6. The number of thiol groups is 1. The number of nitro benzene ring substituents is 1. The smallest absolute Gasteiger partial charge is 0.310 e. The summed E-state index contributed by atoms with van der Waals surface area (Å²) in [5.74, 6) is -0.540. The molecule has 0 bridgehead atoms. The second-order valence-corrected chi connectivity index (χ2v) is 3.83. The van der Waals surface area contributed by atoms with Gasteiger partial charge in [-0.3, -0.25) is 14.9 Å². The summed E-state index contributed by atoms with van der Waals surface area (Å²) in [5.41, 5.74) is 0.186. The molecule has 6 nitrogen and oxygen atoms in total. The van der Waals surface area contributed by atoms with Crippen LogP contribution in [0.3, 0.4) is 0 Å². The maximum Gasteiger partial charge on any atom is 0.310 e. The predicted octanol–water partition coefficient (Wildman–Crippen LogP) is 1.86. The standard InChI is InChI=1S/C11H10N2O4S/c1-2-17-11(14)4-7-3-8(13(15)16)5-10(18)9(7)6-12/h3,5,18H,2,4H2,1H3. The first-order chi connectivity index (χ1) is 8.49. The summed E-state index contributed by atoms with van der Waals surface area (Å²) in [6.45, 7) is 1.87. The van der Waals surface area contributed by atoms with E-state index in [0.29, 0.717) is 0 Å². The fourth-order valence-corrected chi connectivity index (χ4v) is 1.74. The molecule has 0 atom stereocenters. The van der Waals surface area contributed by atoms with Crippen LogP contribution in [0.4, 0.5) is 5.69 Å². The number of nitro groups is 1. The quantitative estimate of drug-likeness (QED) is 0.388. The first-order valence-electron chi connectivity index (χ1n) is 5.05. The number of ether oxygens (including phenoxy) is 1. The second kappa shape index (κ2) is 6.02. The molecule has 18 heavy (non-hydrogen) atoms. The molecule has 1 aromatic carbocycles. The van der Waals surface area contributed by atoms with Crippen LogP contribution in [0.25, 0.3) is 0 Å². The van der Waals surface area contributed by atoms with Gasteiger partial charge in [-0.15, -0.1) is 12.6 Å². The summed E-state index contributed by atoms with van der Waals surface area (Å²) in [6, 6.07) is 4.24. The third kappa shape index (κ3) is 3.21. The molecule has 0 radical (unpaired) electrons. The van der Waals surface area contributed by atoms with E-state index in [0.717, 1.165) is 0 Å². The molecule has 0 aliphatic rings. The second-order valence-electron chi connectivity index (χ2n) is 3.35. The van der Waals surface area contributed by atoms with Crippen LogP contribution < -0.4 is 0 Å². The Morgan fingerprint density at radius 1 is 1.61 bits per heavy atom. The lowest BCUT2D eigenvalue weighted by atomic mass is 10.0. The normalized spacial score (nSPS) is 9.61. The van der Waals surface area contributed by atoms with Gasteiger partial charge < -0.3 is 4.74 Å². The Bertz CT molecular complexity index is 537. The number of esters is 1. The van der Waals surface area contributed by atoms with Gasteiger partial charge in [-0.05, 0) is 12.5 Å². The van der Waals surface area contributed by atoms with Crippen molar-refractivity contribution in [3.8, 4) is 6.07 Å². The van der Waals surface area contributed by atoms with Crippen LogP contribution in [0.15, 0.2) is 17.0 Å². The first-order valence-corrected chi connectivity index (χ1v) is 5.50. The molecule has 0 fully saturated rings. The van der Waals surface area contributed by atoms with Crippen molar-refractivity contribution in [2.24, 2.45) is 0 Å². The molecule has 0 saturated carbocycles. The topological polar surface area (TPSA) is 93.2 Å². The largest absolute Gasteiger partial charge is 0.466 e. The lowest BCUT2D eigenvalue weighted by Crippen LogP contribution is -2.09. The summed E-state index contributed by atoms with van der Waals surface area (Å²) in [7, 11) is 0. The van der Waals surface area contributed by atoms with E-state index in [1.54, 1.807) is 6.92 Å². The maximum absolute atomic E-state index is 11.3. The number of carbonyl (C=O) groups is 1. The minimum atomic E-state index is -0.602. The number of nitriles is 1. The van der Waals surface area contributed by atoms with Crippen molar-refractivity contribution in [3.05, 3.63) is 33.4 Å². The van der Waals surface area contributed by atoms with Crippen LogP contribution in [-0.4, -0.2) is 17.5 Å². The zero-order chi connectivity index (χ0) is 13.7. The van der Waals surface area contributed by atoms with Gasteiger partial charge in [-0.25, -0.2) is 0 Å². The van der Waals surface area contributed by atoms with E-state index in [1.807, 2.05) is 6.07 Å². The number of carbonyl (C=O) groups excluding carboxylic acids is 1. The molecule has 0 amide bonds. The zero-order valence-electron chi connectivity index (χ0n) is 9.54. The molecule has 1 rings (SSSR count). The molecular formula is C11H10N2O4S. The predicted molar refractivity (Wildman–Crippen MR) is 65.4 cm³/mol. The third-order valence-electron chi connectivity index (χ3n) is 2.15. The lowest BCUT2D eigenvalue weighted by molar-refractivity contribution is -0.385. The number of nitrogens with zero attached hydrogens (tertiary/aromatic N) is 2. The molecule has 0 spiro atoms. The highest BCUT2D eigenvalue weighted by Crippen LogP contribution is 2.25. The van der Waals surface area contributed by atoms with Crippen LogP contribution in [-0.2, 0) is 16.0 Å². The molecule has 0 unspecified atom stereocenters. The lowest BCUT2D eigenvalue weighted by Gasteiger charge is -2.06. The van der Waals surface area contributed by atoms with Crippen LogP contribution in [0.1, 0.15) is 18.1 Å². The number of non-ortho nitro benzene ring substituents is 1. The van der Waals surface area contributed by atoms with Gasteiger partial charge in [0, 0.05) is 17.0 Å². The highest BCUT2D eigenvalue weighted by molar-refractivity contribution is 7.80. The van der Waals surface area contributed by atoms with Gasteiger partial charge in [0.2, 0.25) is 0 Å². The van der Waals surface area contributed by atoms with Crippen molar-refractivity contribution in [2.45, 2.75) is 18.2 Å². The Balaban J connectivity index is 3.19. The van der Waals surface area contributed by atoms with E-state index in [-0.39, 0.29) is 34.7 Å². The summed E-state index contributed by atoms with van der Waals surface area (Å²) < 4.78 is 4.74. The van der Waals surface area contributed by atoms with Crippen LogP contribution >= 0.6 is 12.6 Å². The Kier molecular flexibility index (Phi) is 4.68. The maximum atomic E-state index is 11.3. The van der Waals surface area contributed by atoms with Crippen molar-refractivity contribution in [1.82, 2.24) is 0 Å². The van der Waals surface area contributed by atoms with E-state index in [1.165, 1.54) is 12.1 Å². The summed E-state index contributed by atoms with van der Waals surface area (Å²) in [5, 5.41) is 19.6. The number of benzene rings is 1. The van der Waals surface area contributed by atoms with Crippen molar-refractivity contribution < 1.29 is 14.5 Å². The average molecular weight is 266 g/mol. The zero-order valence-corrected chi connectivity index (χ0v) is 10.4. The van der Waals surface area contributed by atoms with Gasteiger partial charge in [0.1, 0.15) is 6.07 Å². The number of rotatable bonds is 4. The van der Waals surface area contributed by atoms with E-state index in [4.69, 9.17) is 10.00 Å². The number of hydrogen-bond acceptors (Lipinski definition) is 6. The molecule has 7 heteroatoms. The highest BCUT2D eigenvalue weighted by atomic mass is 32.1. The summed E-state index contributed by atoms with van der Waals surface area (Å²) >= 11 is 4.01. The molecule has 0 aromatic heterocycles. The van der Waals surface area contributed by atoms with Gasteiger partial charge in [-0.2, -0.15) is 5.26 Å². The molecule has 0 aliphatic carbocycles. The monoisotopic (exact) mass is 266 g/mol. The van der Waals surface area contributed by atoms with Crippen LogP contribution in [0.2, 0.25) is 0 Å². The fourth-order valence-electron chi connectivity index (χ4n) is 1.41. The van der Waals surface area contributed by atoms with Crippen molar-refractivity contribution in [2.75, 3.05) is 6.61 Å². The van der Waals surface area contributed by atoms with Gasteiger partial charge in [0.15, 0.2) is 0 Å². The van der Waals surface area contributed by atoms with Crippen LogP contribution in [0, 0.1) is 21.4 Å². The molecule has 0 aliphatic heterocycles. The Hall–Kier alpha value is -2.07. The Morgan fingerprint density at radius 2 is 2.28 bits per heavy atom. The van der Waals surface area contributed by atoms with Gasteiger partial charge in [0.05, 0.1) is 23.5 Å². The third-order valence-corrected chi connectivity index (χ3v) is 2.50. The van der Waals surface area contributed by atoms with E-state index >= 15 is 0 Å². The SMILES string of the molecule is CCOC(=O)Cc1cc([N+](=O)[O-])cc(S)c1C#N. The Morgan fingerprint density at radius 3 is 2.78 bits per heavy atom. The van der Waals surface area contributed by atoms with Gasteiger partial charge >= 0.3 is 5.97 Å². The van der Waals surface area contributed by atoms with E-state index < -0.39 is 10.9 Å². The van der Waals surface area contributed by atoms with E-state index in [9.17, 15) is 14.9 Å². The molecule has 0 saturated heterocycles. The first kappa shape index (κ1) is 14.0. The van der Waals surface area contributed by atoms with Gasteiger partial charge in [0.25, 0.3) is 5.69 Å². The van der Waals surface area contributed by atoms with E-state index in [2.05, 4.69) is 12.6 Å². The molecular weight excluding hydrogens is 256 g/mol. The number of hydrogen-bond donors (Lipinski definition) is 1. The van der Waals surface area contributed by atoms with Crippen LogP contribution in [0.5, 0.6) is 0 Å². The Labute approximate surface area is 109 Å². The van der Waals surface area contributed by atoms with Crippen molar-refractivity contribution >= 4 is 24.3 Å². The molecule has 0 N–H and O–H groups in total. The molecule has 1 aromatic rings. The highest BCUT2D eigenvalue weighted by Gasteiger charge is 2.17.